The molecule has 1 aromatic carbocycles. The van der Waals surface area contributed by atoms with E-state index in [0.29, 0.717) is 30.1 Å². The number of ether oxygens (including phenoxy) is 4. The number of nitrogens with zero attached hydrogens (tertiary/aromatic N) is 1. The van der Waals surface area contributed by atoms with E-state index in [4.69, 9.17) is 18.9 Å². The standard InChI is InChI=1S/C31H43NO8S/c1-19(2)41-25(33)17-31(36,11-6-9-29(3,4)35)28(34)40-27-24(37-5)16-30-10-7-12-32(30)13-8-20-14-22-23(39-18-38-22)15-21(20)26(27)30/h14-16,19,26-27,35-36H,6-13,17-18H2,1-5H3/t26-,27?,30+,31?/m1/s1. The first-order valence-corrected chi connectivity index (χ1v) is 15.5. The fourth-order valence-corrected chi connectivity index (χ4v) is 7.79. The molecule has 226 valence electrons. The predicted molar refractivity (Wildman–Crippen MR) is 155 cm³/mol. The molecule has 1 aliphatic carbocycles. The lowest BCUT2D eigenvalue weighted by molar-refractivity contribution is -0.175. The van der Waals surface area contributed by atoms with Crippen LogP contribution in [0, 0.1) is 0 Å². The summed E-state index contributed by atoms with van der Waals surface area (Å²) in [5.41, 5.74) is -1.26. The molecule has 0 bridgehead atoms. The Hall–Kier alpha value is -2.27. The van der Waals surface area contributed by atoms with Crippen molar-refractivity contribution < 1.29 is 38.7 Å². The summed E-state index contributed by atoms with van der Waals surface area (Å²) in [6, 6.07) is 4.05. The van der Waals surface area contributed by atoms with Crippen LogP contribution in [0.4, 0.5) is 0 Å². The Labute approximate surface area is 246 Å². The average molecular weight is 590 g/mol. The summed E-state index contributed by atoms with van der Waals surface area (Å²) in [4.78, 5) is 29.3. The maximum atomic E-state index is 14.0. The number of benzene rings is 1. The lowest BCUT2D eigenvalue weighted by Gasteiger charge is -2.39. The van der Waals surface area contributed by atoms with Gasteiger partial charge in [0.05, 0.1) is 30.6 Å². The van der Waals surface area contributed by atoms with Gasteiger partial charge in [0.2, 0.25) is 6.79 Å². The van der Waals surface area contributed by atoms with Gasteiger partial charge in [-0.2, -0.15) is 0 Å². The highest BCUT2D eigenvalue weighted by molar-refractivity contribution is 8.14. The largest absolute Gasteiger partial charge is 0.497 e. The number of hydrogen-bond donors (Lipinski definition) is 2. The molecule has 1 spiro atoms. The van der Waals surface area contributed by atoms with E-state index in [1.807, 2.05) is 26.0 Å². The molecule has 0 radical (unpaired) electrons. The first-order chi connectivity index (χ1) is 19.3. The highest BCUT2D eigenvalue weighted by Crippen LogP contribution is 2.55. The van der Waals surface area contributed by atoms with E-state index in [0.717, 1.165) is 55.2 Å². The van der Waals surface area contributed by atoms with E-state index in [2.05, 4.69) is 11.0 Å². The molecule has 0 saturated carbocycles. The minimum Gasteiger partial charge on any atom is -0.497 e. The lowest BCUT2D eigenvalue weighted by Crippen LogP contribution is -2.49. The average Bonchev–Trinajstić information content (AvgIpc) is 3.56. The van der Waals surface area contributed by atoms with Gasteiger partial charge in [-0.25, -0.2) is 4.79 Å². The molecule has 2 N–H and O–H groups in total. The first kappa shape index (κ1) is 30.2. The maximum absolute atomic E-state index is 14.0. The molecule has 41 heavy (non-hydrogen) atoms. The van der Waals surface area contributed by atoms with Crippen LogP contribution in [0.3, 0.4) is 0 Å². The molecule has 1 saturated heterocycles. The Morgan fingerprint density at radius 1 is 1.17 bits per heavy atom. The molecule has 5 rings (SSSR count). The Morgan fingerprint density at radius 3 is 2.59 bits per heavy atom. The predicted octanol–water partition coefficient (Wildman–Crippen LogP) is 4.08. The second-order valence-electron chi connectivity index (χ2n) is 12.7. The summed E-state index contributed by atoms with van der Waals surface area (Å²) < 4.78 is 23.5. The van der Waals surface area contributed by atoms with Gasteiger partial charge in [-0.15, -0.1) is 0 Å². The smallest absolute Gasteiger partial charge is 0.339 e. The first-order valence-electron chi connectivity index (χ1n) is 14.6. The van der Waals surface area contributed by atoms with Crippen molar-refractivity contribution in [2.24, 2.45) is 0 Å². The number of thioether (sulfide) groups is 1. The van der Waals surface area contributed by atoms with Crippen molar-refractivity contribution in [2.75, 3.05) is 27.0 Å². The van der Waals surface area contributed by atoms with Crippen molar-refractivity contribution in [3.63, 3.8) is 0 Å². The molecule has 4 aliphatic rings. The van der Waals surface area contributed by atoms with Crippen LogP contribution in [-0.2, 0) is 25.5 Å². The quantitative estimate of drug-likeness (QED) is 0.387. The minimum atomic E-state index is -2.03. The third-order valence-electron chi connectivity index (χ3n) is 8.76. The lowest BCUT2D eigenvalue weighted by atomic mass is 9.77. The number of fused-ring (bicyclic) bond motifs is 3. The molecule has 4 atom stereocenters. The number of hydrogen-bond acceptors (Lipinski definition) is 10. The fraction of sp³-hybridized carbons (Fsp3) is 0.677. The second-order valence-corrected chi connectivity index (χ2v) is 14.3. The van der Waals surface area contributed by atoms with E-state index in [1.165, 1.54) is 0 Å². The number of rotatable bonds is 10. The monoisotopic (exact) mass is 589 g/mol. The van der Waals surface area contributed by atoms with Crippen molar-refractivity contribution >= 4 is 22.8 Å². The summed E-state index contributed by atoms with van der Waals surface area (Å²) in [6.07, 6.45) is 4.37. The van der Waals surface area contributed by atoms with E-state index in [-0.39, 0.29) is 35.9 Å². The van der Waals surface area contributed by atoms with Crippen LogP contribution in [0.15, 0.2) is 24.0 Å². The Kier molecular flexibility index (Phi) is 8.42. The molecular weight excluding hydrogens is 546 g/mol. The minimum absolute atomic E-state index is 0.00379. The van der Waals surface area contributed by atoms with Gasteiger partial charge in [-0.3, -0.25) is 9.69 Å². The summed E-state index contributed by atoms with van der Waals surface area (Å²) in [7, 11) is 1.58. The summed E-state index contributed by atoms with van der Waals surface area (Å²) >= 11 is 1.10. The van der Waals surface area contributed by atoms with Gasteiger partial charge in [-0.1, -0.05) is 25.6 Å². The molecule has 1 aromatic rings. The number of methoxy groups -OCH3 is 1. The van der Waals surface area contributed by atoms with E-state index in [9.17, 15) is 19.8 Å². The van der Waals surface area contributed by atoms with Gasteiger partial charge in [-0.05, 0) is 88.3 Å². The van der Waals surface area contributed by atoms with Crippen LogP contribution in [0.25, 0.3) is 0 Å². The molecular formula is C31H43NO8S. The van der Waals surface area contributed by atoms with Crippen LogP contribution in [0.5, 0.6) is 11.5 Å². The molecule has 10 heteroatoms. The highest BCUT2D eigenvalue weighted by Gasteiger charge is 2.59. The molecule has 3 aliphatic heterocycles. The Balaban J connectivity index is 1.49. The SMILES string of the molecule is COC1=C[C@]23CCCN2CCc2cc4c(cc2[C@@H]3C1OC(=O)C(O)(CCCC(C)(C)O)CC(=O)SC(C)C)OCO4. The van der Waals surface area contributed by atoms with Crippen LogP contribution in [-0.4, -0.2) is 81.3 Å². The number of carbonyl (C=O) groups excluding carboxylic acids is 2. The maximum Gasteiger partial charge on any atom is 0.339 e. The van der Waals surface area contributed by atoms with Gasteiger partial charge in [0, 0.05) is 11.8 Å². The number of esters is 1. The number of aliphatic hydroxyl groups is 2. The van der Waals surface area contributed by atoms with E-state index < -0.39 is 28.8 Å². The zero-order valence-corrected chi connectivity index (χ0v) is 25.6. The van der Waals surface area contributed by atoms with Crippen LogP contribution in [0.1, 0.15) is 83.3 Å². The van der Waals surface area contributed by atoms with Gasteiger partial charge >= 0.3 is 5.97 Å². The molecule has 0 amide bonds. The topological polar surface area (TPSA) is 115 Å². The van der Waals surface area contributed by atoms with Crippen molar-refractivity contribution in [1.29, 1.82) is 0 Å². The molecule has 0 aromatic heterocycles. The van der Waals surface area contributed by atoms with Crippen molar-refractivity contribution in [3.8, 4) is 11.5 Å². The summed E-state index contributed by atoms with van der Waals surface area (Å²) in [5.74, 6) is 0.807. The van der Waals surface area contributed by atoms with Crippen LogP contribution in [0.2, 0.25) is 0 Å². The zero-order chi connectivity index (χ0) is 29.6. The summed E-state index contributed by atoms with van der Waals surface area (Å²) in [6.45, 7) is 9.08. The van der Waals surface area contributed by atoms with Crippen molar-refractivity contribution in [3.05, 3.63) is 35.1 Å². The van der Waals surface area contributed by atoms with Crippen LogP contribution >= 0.6 is 11.8 Å². The van der Waals surface area contributed by atoms with Crippen molar-refractivity contribution in [2.45, 2.75) is 107 Å². The molecule has 9 nitrogen and oxygen atoms in total. The van der Waals surface area contributed by atoms with Crippen LogP contribution < -0.4 is 9.47 Å². The van der Waals surface area contributed by atoms with Gasteiger partial charge in [0.1, 0.15) is 5.76 Å². The second kappa shape index (κ2) is 11.4. The van der Waals surface area contributed by atoms with Gasteiger partial charge in [0.15, 0.2) is 28.3 Å². The highest BCUT2D eigenvalue weighted by atomic mass is 32.2. The Bertz CT molecular complexity index is 1210. The van der Waals surface area contributed by atoms with E-state index >= 15 is 0 Å². The third-order valence-corrected chi connectivity index (χ3v) is 9.64. The third kappa shape index (κ3) is 5.98. The van der Waals surface area contributed by atoms with Gasteiger partial charge in [0.25, 0.3) is 0 Å². The summed E-state index contributed by atoms with van der Waals surface area (Å²) in [5, 5.41) is 21.7. The van der Waals surface area contributed by atoms with E-state index in [1.54, 1.807) is 21.0 Å². The fourth-order valence-electron chi connectivity index (χ4n) is 6.94. The molecule has 1 fully saturated rings. The molecule has 3 heterocycles. The van der Waals surface area contributed by atoms with Gasteiger partial charge < -0.3 is 29.2 Å². The zero-order valence-electron chi connectivity index (χ0n) is 24.7. The normalized spacial score (nSPS) is 26.5. The molecule has 2 unspecified atom stereocenters. The van der Waals surface area contributed by atoms with Crippen molar-refractivity contribution in [1.82, 2.24) is 4.90 Å². The Morgan fingerprint density at radius 2 is 1.90 bits per heavy atom. The number of carbonyl (C=O) groups is 2.